The summed E-state index contributed by atoms with van der Waals surface area (Å²) in [6.45, 7) is 3.74. The molecule has 0 aliphatic heterocycles. The van der Waals surface area contributed by atoms with Gasteiger partial charge in [-0.25, -0.2) is 4.98 Å². The lowest BCUT2D eigenvalue weighted by atomic mass is 10.1. The van der Waals surface area contributed by atoms with E-state index in [0.717, 1.165) is 29.8 Å². The van der Waals surface area contributed by atoms with Gasteiger partial charge in [-0.15, -0.1) is 0 Å². The van der Waals surface area contributed by atoms with E-state index in [1.54, 1.807) is 6.92 Å². The van der Waals surface area contributed by atoms with Gasteiger partial charge in [-0.1, -0.05) is 29.8 Å². The predicted octanol–water partition coefficient (Wildman–Crippen LogP) is 4.06. The third kappa shape index (κ3) is 4.00. The maximum absolute atomic E-state index is 12.6. The van der Waals surface area contributed by atoms with E-state index in [-0.39, 0.29) is 5.91 Å². The number of anilines is 1. The van der Waals surface area contributed by atoms with Gasteiger partial charge in [-0.2, -0.15) is 5.10 Å². The summed E-state index contributed by atoms with van der Waals surface area (Å²) in [6.07, 6.45) is 1.68. The zero-order valence-electron chi connectivity index (χ0n) is 15.4. The molecule has 138 valence electrons. The van der Waals surface area contributed by atoms with Crippen LogP contribution in [0.2, 0.25) is 0 Å². The second-order valence-electron chi connectivity index (χ2n) is 6.93. The fourth-order valence-corrected chi connectivity index (χ4v) is 2.88. The summed E-state index contributed by atoms with van der Waals surface area (Å²) in [6, 6.07) is 15.1. The lowest BCUT2D eigenvalue weighted by Gasteiger charge is -2.16. The Morgan fingerprint density at radius 3 is 2.74 bits per heavy atom. The van der Waals surface area contributed by atoms with E-state index in [2.05, 4.69) is 20.5 Å². The number of rotatable bonds is 6. The van der Waals surface area contributed by atoms with Crippen LogP contribution in [0.4, 0.5) is 5.69 Å². The number of hydrogen-bond donors (Lipinski definition) is 2. The second kappa shape index (κ2) is 7.23. The highest BCUT2D eigenvalue weighted by molar-refractivity contribution is 5.97. The van der Waals surface area contributed by atoms with Gasteiger partial charge < -0.3 is 10.1 Å². The molecule has 2 aromatic carbocycles. The van der Waals surface area contributed by atoms with Crippen LogP contribution in [0.3, 0.4) is 0 Å². The van der Waals surface area contributed by atoms with Crippen molar-refractivity contribution >= 4 is 11.6 Å². The average molecular weight is 362 g/mol. The van der Waals surface area contributed by atoms with E-state index in [1.165, 1.54) is 0 Å². The van der Waals surface area contributed by atoms with Gasteiger partial charge in [-0.05, 0) is 51.0 Å². The molecule has 1 saturated carbocycles. The Hall–Kier alpha value is -3.15. The van der Waals surface area contributed by atoms with Crippen LogP contribution in [0, 0.1) is 6.92 Å². The number of carbonyl (C=O) groups excluding carboxylic acids is 1. The zero-order valence-corrected chi connectivity index (χ0v) is 15.4. The standard InChI is InChI=1S/C21H22N4O2/c1-13-8-11-18(17(12-13)20-23-19(24-25-20)15-9-10-15)22-21(26)14(2)27-16-6-4-3-5-7-16/h3-8,11-12,14-15H,9-10H2,1-2H3,(H,22,26)(H,23,24,25)/t14-/m1/s1. The highest BCUT2D eigenvalue weighted by Gasteiger charge is 2.28. The number of aromatic nitrogens is 3. The summed E-state index contributed by atoms with van der Waals surface area (Å²) in [7, 11) is 0. The monoisotopic (exact) mass is 362 g/mol. The maximum atomic E-state index is 12.6. The van der Waals surface area contributed by atoms with Gasteiger partial charge in [0.15, 0.2) is 11.9 Å². The zero-order chi connectivity index (χ0) is 18.8. The van der Waals surface area contributed by atoms with Crippen molar-refractivity contribution in [1.29, 1.82) is 0 Å². The van der Waals surface area contributed by atoms with E-state index >= 15 is 0 Å². The normalized spacial score (nSPS) is 14.6. The third-order valence-corrected chi connectivity index (χ3v) is 4.57. The first-order valence-corrected chi connectivity index (χ1v) is 9.16. The highest BCUT2D eigenvalue weighted by Crippen LogP contribution is 2.39. The molecule has 0 unspecified atom stereocenters. The van der Waals surface area contributed by atoms with Crippen LogP contribution in [0.1, 0.15) is 37.1 Å². The molecule has 4 rings (SSSR count). The third-order valence-electron chi connectivity index (χ3n) is 4.57. The minimum Gasteiger partial charge on any atom is -0.481 e. The lowest BCUT2D eigenvalue weighted by Crippen LogP contribution is -2.30. The van der Waals surface area contributed by atoms with E-state index in [0.29, 0.717) is 23.2 Å². The summed E-state index contributed by atoms with van der Waals surface area (Å²) in [5.74, 6) is 2.46. The Bertz CT molecular complexity index is 948. The molecule has 1 aliphatic rings. The van der Waals surface area contributed by atoms with Gasteiger partial charge in [0.2, 0.25) is 0 Å². The summed E-state index contributed by atoms with van der Waals surface area (Å²) >= 11 is 0. The Morgan fingerprint density at radius 2 is 2.00 bits per heavy atom. The van der Waals surface area contributed by atoms with Crippen molar-refractivity contribution in [3.63, 3.8) is 0 Å². The topological polar surface area (TPSA) is 79.9 Å². The molecule has 0 saturated heterocycles. The summed E-state index contributed by atoms with van der Waals surface area (Å²) in [5, 5.41) is 10.3. The molecule has 1 fully saturated rings. The molecule has 0 bridgehead atoms. The molecule has 1 amide bonds. The molecular weight excluding hydrogens is 340 g/mol. The molecule has 1 aliphatic carbocycles. The molecule has 6 nitrogen and oxygen atoms in total. The first-order valence-electron chi connectivity index (χ1n) is 9.16. The molecular formula is C21H22N4O2. The van der Waals surface area contributed by atoms with Crippen molar-refractivity contribution in [2.75, 3.05) is 5.32 Å². The van der Waals surface area contributed by atoms with E-state index < -0.39 is 6.10 Å². The van der Waals surface area contributed by atoms with Gasteiger partial charge in [0.1, 0.15) is 11.6 Å². The average Bonchev–Trinajstić information content (AvgIpc) is 3.41. The number of H-pyrrole nitrogens is 1. The molecule has 1 atom stereocenters. The predicted molar refractivity (Wildman–Crippen MR) is 104 cm³/mol. The molecule has 2 N–H and O–H groups in total. The van der Waals surface area contributed by atoms with Crippen LogP contribution in [0.5, 0.6) is 5.75 Å². The summed E-state index contributed by atoms with van der Waals surface area (Å²) in [5.41, 5.74) is 2.56. The van der Waals surface area contributed by atoms with Crippen LogP contribution in [0.15, 0.2) is 48.5 Å². The van der Waals surface area contributed by atoms with Gasteiger partial charge in [0.05, 0.1) is 5.69 Å². The van der Waals surface area contributed by atoms with E-state index in [1.807, 2.05) is 55.5 Å². The quantitative estimate of drug-likeness (QED) is 0.693. The van der Waals surface area contributed by atoms with Crippen molar-refractivity contribution in [2.24, 2.45) is 0 Å². The largest absolute Gasteiger partial charge is 0.481 e. The molecule has 3 aromatic rings. The number of nitrogens with zero attached hydrogens (tertiary/aromatic N) is 2. The van der Waals surface area contributed by atoms with Crippen molar-refractivity contribution in [3.05, 3.63) is 59.9 Å². The first-order chi connectivity index (χ1) is 13.1. The van der Waals surface area contributed by atoms with Crippen LogP contribution in [0.25, 0.3) is 11.4 Å². The molecule has 0 spiro atoms. The fraction of sp³-hybridized carbons (Fsp3) is 0.286. The van der Waals surface area contributed by atoms with E-state index in [4.69, 9.17) is 4.74 Å². The van der Waals surface area contributed by atoms with Crippen LogP contribution in [-0.4, -0.2) is 27.2 Å². The number of aryl methyl sites for hydroxylation is 1. The van der Waals surface area contributed by atoms with Crippen LogP contribution >= 0.6 is 0 Å². The Morgan fingerprint density at radius 1 is 1.22 bits per heavy atom. The minimum absolute atomic E-state index is 0.220. The van der Waals surface area contributed by atoms with Crippen LogP contribution < -0.4 is 10.1 Å². The number of hydrogen-bond acceptors (Lipinski definition) is 4. The smallest absolute Gasteiger partial charge is 0.265 e. The van der Waals surface area contributed by atoms with Crippen molar-refractivity contribution in [2.45, 2.75) is 38.7 Å². The fourth-order valence-electron chi connectivity index (χ4n) is 2.88. The molecule has 1 aromatic heterocycles. The number of nitrogens with one attached hydrogen (secondary N) is 2. The van der Waals surface area contributed by atoms with Gasteiger partial charge in [0.25, 0.3) is 5.91 Å². The van der Waals surface area contributed by atoms with Crippen molar-refractivity contribution < 1.29 is 9.53 Å². The van der Waals surface area contributed by atoms with Gasteiger partial charge >= 0.3 is 0 Å². The highest BCUT2D eigenvalue weighted by atomic mass is 16.5. The number of amides is 1. The summed E-state index contributed by atoms with van der Waals surface area (Å²) < 4.78 is 5.71. The Kier molecular flexibility index (Phi) is 4.62. The number of ether oxygens (including phenoxy) is 1. The first kappa shape index (κ1) is 17.3. The van der Waals surface area contributed by atoms with Gasteiger partial charge in [0, 0.05) is 11.5 Å². The Labute approximate surface area is 158 Å². The van der Waals surface area contributed by atoms with Gasteiger partial charge in [-0.3, -0.25) is 9.89 Å². The second-order valence-corrected chi connectivity index (χ2v) is 6.93. The maximum Gasteiger partial charge on any atom is 0.265 e. The number of benzene rings is 2. The van der Waals surface area contributed by atoms with E-state index in [9.17, 15) is 4.79 Å². The number of aromatic amines is 1. The van der Waals surface area contributed by atoms with Crippen LogP contribution in [-0.2, 0) is 4.79 Å². The minimum atomic E-state index is -0.629. The van der Waals surface area contributed by atoms with Crippen molar-refractivity contribution in [1.82, 2.24) is 15.2 Å². The molecule has 6 heteroatoms. The SMILES string of the molecule is Cc1ccc(NC(=O)[C@@H](C)Oc2ccccc2)c(-c2n[nH]c(C3CC3)n2)c1. The Balaban J connectivity index is 1.53. The molecule has 27 heavy (non-hydrogen) atoms. The number of carbonyl (C=O) groups is 1. The summed E-state index contributed by atoms with van der Waals surface area (Å²) in [4.78, 5) is 17.2. The lowest BCUT2D eigenvalue weighted by molar-refractivity contribution is -0.122. The number of para-hydroxylation sites is 1. The van der Waals surface area contributed by atoms with Crippen molar-refractivity contribution in [3.8, 4) is 17.1 Å². The molecule has 0 radical (unpaired) electrons. The molecule has 1 heterocycles.